The zero-order chi connectivity index (χ0) is 7.28. The summed E-state index contributed by atoms with van der Waals surface area (Å²) in [7, 11) is 0. The average molecular weight is 140 g/mol. The molecule has 0 saturated carbocycles. The maximum absolute atomic E-state index is 11.8. The van der Waals surface area contributed by atoms with Gasteiger partial charge in [-0.3, -0.25) is 0 Å². The van der Waals surface area contributed by atoms with Gasteiger partial charge in [-0.1, -0.05) is 0 Å². The van der Waals surface area contributed by atoms with Crippen LogP contribution in [0, 0.1) is 0 Å². The van der Waals surface area contributed by atoms with Gasteiger partial charge in [-0.25, -0.2) is 0 Å². The molecule has 0 aliphatic carbocycles. The summed E-state index contributed by atoms with van der Waals surface area (Å²) in [6, 6.07) is 0. The Hall–Kier alpha value is -0.250. The number of rotatable bonds is 0. The molecule has 1 aliphatic heterocycles. The number of ether oxygens (including phenoxy) is 1. The van der Waals surface area contributed by atoms with Crippen molar-refractivity contribution in [2.24, 2.45) is 0 Å². The molecule has 1 heterocycles. The molecule has 0 amide bonds. The molecule has 1 fully saturated rings. The summed E-state index contributed by atoms with van der Waals surface area (Å²) in [5.41, 5.74) is -1.85. The number of halogens is 3. The van der Waals surface area contributed by atoms with Gasteiger partial charge in [0.25, 0.3) is 0 Å². The van der Waals surface area contributed by atoms with E-state index in [2.05, 4.69) is 4.74 Å². The van der Waals surface area contributed by atoms with Gasteiger partial charge in [0.2, 0.25) is 0 Å². The molecule has 0 aromatic rings. The summed E-state index contributed by atoms with van der Waals surface area (Å²) in [5.74, 6) is 0. The van der Waals surface area contributed by atoms with Crippen molar-refractivity contribution < 1.29 is 17.9 Å². The molecule has 0 radical (unpaired) electrons. The van der Waals surface area contributed by atoms with Crippen LogP contribution in [0.2, 0.25) is 0 Å². The van der Waals surface area contributed by atoms with Gasteiger partial charge in [0, 0.05) is 0 Å². The smallest absolute Gasteiger partial charge is 0.357 e. The Morgan fingerprint density at radius 1 is 1.44 bits per heavy atom. The highest BCUT2D eigenvalue weighted by atomic mass is 19.4. The minimum atomic E-state index is -4.20. The van der Waals surface area contributed by atoms with Crippen LogP contribution < -0.4 is 0 Å². The van der Waals surface area contributed by atoms with E-state index in [9.17, 15) is 13.2 Å². The lowest BCUT2D eigenvalue weighted by Gasteiger charge is -2.09. The number of epoxide rings is 1. The first-order chi connectivity index (χ1) is 3.88. The summed E-state index contributed by atoms with van der Waals surface area (Å²) >= 11 is 0. The van der Waals surface area contributed by atoms with Crippen molar-refractivity contribution in [2.45, 2.75) is 31.7 Å². The standard InChI is InChI=1S/C5H7F3O/c1-3-4(2,9-3)5(6,7)8/h3H,1-2H3. The molecule has 4 heteroatoms. The third-order valence-corrected chi connectivity index (χ3v) is 1.70. The lowest BCUT2D eigenvalue weighted by Crippen LogP contribution is -2.30. The average Bonchev–Trinajstić information content (AvgIpc) is 2.13. The fraction of sp³-hybridized carbons (Fsp3) is 1.00. The van der Waals surface area contributed by atoms with Crippen LogP contribution in [0.5, 0.6) is 0 Å². The highest BCUT2D eigenvalue weighted by molar-refractivity contribution is 5.02. The van der Waals surface area contributed by atoms with E-state index in [1.165, 1.54) is 6.92 Å². The van der Waals surface area contributed by atoms with Gasteiger partial charge in [0.1, 0.15) is 0 Å². The quantitative estimate of drug-likeness (QED) is 0.467. The van der Waals surface area contributed by atoms with Crippen molar-refractivity contribution in [3.05, 3.63) is 0 Å². The lowest BCUT2D eigenvalue weighted by atomic mass is 10.1. The Balaban J connectivity index is 2.64. The monoisotopic (exact) mass is 140 g/mol. The molecule has 9 heavy (non-hydrogen) atoms. The predicted molar refractivity (Wildman–Crippen MR) is 25.0 cm³/mol. The molecular weight excluding hydrogens is 133 g/mol. The minimum absolute atomic E-state index is 0.669. The van der Waals surface area contributed by atoms with E-state index >= 15 is 0 Å². The SMILES string of the molecule is CC1OC1(C)C(F)(F)F. The largest absolute Gasteiger partial charge is 0.419 e. The minimum Gasteiger partial charge on any atom is -0.357 e. The van der Waals surface area contributed by atoms with Crippen LogP contribution in [0.15, 0.2) is 0 Å². The molecule has 1 saturated heterocycles. The van der Waals surface area contributed by atoms with Crippen molar-refractivity contribution in [1.29, 1.82) is 0 Å². The van der Waals surface area contributed by atoms with Gasteiger partial charge in [0.15, 0.2) is 5.60 Å². The fourth-order valence-corrected chi connectivity index (χ4v) is 0.631. The third kappa shape index (κ3) is 0.813. The van der Waals surface area contributed by atoms with Crippen molar-refractivity contribution in [2.75, 3.05) is 0 Å². The lowest BCUT2D eigenvalue weighted by molar-refractivity contribution is -0.178. The molecule has 0 aromatic heterocycles. The molecule has 1 aliphatic rings. The maximum atomic E-state index is 11.8. The van der Waals surface area contributed by atoms with Crippen LogP contribution in [0.3, 0.4) is 0 Å². The second kappa shape index (κ2) is 1.42. The highest BCUT2D eigenvalue weighted by Crippen LogP contribution is 2.48. The maximum Gasteiger partial charge on any atom is 0.419 e. The van der Waals surface area contributed by atoms with E-state index < -0.39 is 17.9 Å². The number of alkyl halides is 3. The highest BCUT2D eigenvalue weighted by Gasteiger charge is 2.67. The van der Waals surface area contributed by atoms with Crippen LogP contribution in [-0.4, -0.2) is 17.9 Å². The summed E-state index contributed by atoms with van der Waals surface area (Å²) in [4.78, 5) is 0. The molecule has 0 aromatic carbocycles. The van der Waals surface area contributed by atoms with Crippen molar-refractivity contribution in [3.8, 4) is 0 Å². The van der Waals surface area contributed by atoms with Gasteiger partial charge < -0.3 is 4.74 Å². The molecular formula is C5H7F3O. The number of hydrogen-bond donors (Lipinski definition) is 0. The zero-order valence-corrected chi connectivity index (χ0v) is 5.12. The van der Waals surface area contributed by atoms with E-state index in [0.717, 1.165) is 6.92 Å². The Bertz CT molecular complexity index is 131. The van der Waals surface area contributed by atoms with Crippen LogP contribution in [0.4, 0.5) is 13.2 Å². The van der Waals surface area contributed by atoms with E-state index in [4.69, 9.17) is 0 Å². The van der Waals surface area contributed by atoms with Gasteiger partial charge in [-0.15, -0.1) is 0 Å². The van der Waals surface area contributed by atoms with Crippen LogP contribution in [0.25, 0.3) is 0 Å². The molecule has 0 N–H and O–H groups in total. The second-order valence-corrected chi connectivity index (χ2v) is 2.36. The first kappa shape index (κ1) is 6.86. The number of hydrogen-bond acceptors (Lipinski definition) is 1. The summed E-state index contributed by atoms with van der Waals surface area (Å²) < 4.78 is 39.6. The summed E-state index contributed by atoms with van der Waals surface area (Å²) in [6.07, 6.45) is -4.87. The van der Waals surface area contributed by atoms with E-state index in [1.54, 1.807) is 0 Å². The Kier molecular flexibility index (Phi) is 1.09. The Labute approximate surface area is 50.8 Å². The second-order valence-electron chi connectivity index (χ2n) is 2.36. The normalized spacial score (nSPS) is 43.0. The Morgan fingerprint density at radius 2 is 1.78 bits per heavy atom. The molecule has 1 nitrogen and oxygen atoms in total. The fourth-order valence-electron chi connectivity index (χ4n) is 0.631. The molecule has 2 atom stereocenters. The van der Waals surface area contributed by atoms with E-state index in [1.807, 2.05) is 0 Å². The van der Waals surface area contributed by atoms with Crippen LogP contribution in [-0.2, 0) is 4.74 Å². The predicted octanol–water partition coefficient (Wildman–Crippen LogP) is 1.73. The van der Waals surface area contributed by atoms with E-state index in [0.29, 0.717) is 0 Å². The van der Waals surface area contributed by atoms with Crippen molar-refractivity contribution in [3.63, 3.8) is 0 Å². The topological polar surface area (TPSA) is 12.5 Å². The first-order valence-corrected chi connectivity index (χ1v) is 2.62. The van der Waals surface area contributed by atoms with Gasteiger partial charge in [-0.2, -0.15) is 13.2 Å². The zero-order valence-electron chi connectivity index (χ0n) is 5.12. The Morgan fingerprint density at radius 3 is 1.78 bits per heavy atom. The molecule has 0 spiro atoms. The van der Waals surface area contributed by atoms with Crippen LogP contribution >= 0.6 is 0 Å². The van der Waals surface area contributed by atoms with Crippen molar-refractivity contribution >= 4 is 0 Å². The molecule has 2 unspecified atom stereocenters. The summed E-state index contributed by atoms with van der Waals surface area (Å²) in [6.45, 7) is 2.46. The molecule has 0 bridgehead atoms. The van der Waals surface area contributed by atoms with Crippen molar-refractivity contribution in [1.82, 2.24) is 0 Å². The van der Waals surface area contributed by atoms with Gasteiger partial charge >= 0.3 is 6.18 Å². The van der Waals surface area contributed by atoms with Gasteiger partial charge in [-0.05, 0) is 13.8 Å². The summed E-state index contributed by atoms with van der Waals surface area (Å²) in [5, 5.41) is 0. The van der Waals surface area contributed by atoms with Gasteiger partial charge in [0.05, 0.1) is 6.10 Å². The third-order valence-electron chi connectivity index (χ3n) is 1.70. The van der Waals surface area contributed by atoms with Crippen LogP contribution in [0.1, 0.15) is 13.8 Å². The molecule has 54 valence electrons. The van der Waals surface area contributed by atoms with E-state index in [-0.39, 0.29) is 0 Å². The first-order valence-electron chi connectivity index (χ1n) is 2.62. The molecule has 1 rings (SSSR count).